The van der Waals surface area contributed by atoms with Crippen LogP contribution < -0.4 is 5.32 Å². The third kappa shape index (κ3) is 4.17. The lowest BCUT2D eigenvalue weighted by atomic mass is 10.1. The molecule has 6 nitrogen and oxygen atoms in total. The molecule has 7 heteroatoms. The van der Waals surface area contributed by atoms with Gasteiger partial charge in [-0.05, 0) is 44.2 Å². The van der Waals surface area contributed by atoms with Crippen LogP contribution in [-0.2, 0) is 9.53 Å². The summed E-state index contributed by atoms with van der Waals surface area (Å²) in [5.41, 5.74) is 2.01. The largest absolute Gasteiger partial charge is 0.450 e. The Hall–Kier alpha value is -3.12. The first kappa shape index (κ1) is 18.7. The molecule has 1 N–H and O–H groups in total. The van der Waals surface area contributed by atoms with E-state index >= 15 is 0 Å². The van der Waals surface area contributed by atoms with Crippen molar-refractivity contribution in [2.45, 2.75) is 13.8 Å². The number of halogens is 1. The van der Waals surface area contributed by atoms with Gasteiger partial charge in [0, 0.05) is 27.2 Å². The van der Waals surface area contributed by atoms with Crippen LogP contribution in [0.25, 0.3) is 11.0 Å². The molecule has 0 radical (unpaired) electrons. The molecule has 0 aliphatic heterocycles. The molecule has 138 valence electrons. The van der Waals surface area contributed by atoms with E-state index in [-0.39, 0.29) is 11.5 Å². The average molecular weight is 386 g/mol. The number of carbonyl (C=O) groups excluding carboxylic acids is 3. The Morgan fingerprint density at radius 3 is 2.67 bits per heavy atom. The first-order valence-corrected chi connectivity index (χ1v) is 8.49. The van der Waals surface area contributed by atoms with Crippen LogP contribution in [0, 0.1) is 6.92 Å². The van der Waals surface area contributed by atoms with Crippen LogP contribution in [0.2, 0.25) is 5.02 Å². The fourth-order valence-corrected chi connectivity index (χ4v) is 2.77. The van der Waals surface area contributed by atoms with Gasteiger partial charge in [0.15, 0.2) is 12.4 Å². The lowest BCUT2D eigenvalue weighted by Crippen LogP contribution is -2.21. The monoisotopic (exact) mass is 385 g/mol. The number of furan rings is 1. The molecule has 0 spiro atoms. The zero-order chi connectivity index (χ0) is 19.6. The van der Waals surface area contributed by atoms with Crippen LogP contribution in [0.5, 0.6) is 0 Å². The van der Waals surface area contributed by atoms with E-state index in [0.29, 0.717) is 32.8 Å². The minimum absolute atomic E-state index is 0.0265. The third-order valence-electron chi connectivity index (χ3n) is 3.97. The molecule has 0 aliphatic rings. The number of rotatable bonds is 5. The number of ketones is 1. The number of fused-ring (bicyclic) bond motifs is 1. The van der Waals surface area contributed by atoms with E-state index in [9.17, 15) is 14.4 Å². The summed E-state index contributed by atoms with van der Waals surface area (Å²) in [5, 5.41) is 3.81. The number of Topliss-reactive ketones (excluding diaryl/α,β-unsaturated/α-hetero) is 1. The van der Waals surface area contributed by atoms with Crippen LogP contribution in [0.15, 0.2) is 46.9 Å². The molecule has 3 aromatic rings. The highest BCUT2D eigenvalue weighted by Crippen LogP contribution is 2.28. The van der Waals surface area contributed by atoms with Crippen molar-refractivity contribution in [3.63, 3.8) is 0 Å². The number of nitrogens with one attached hydrogen (secondary N) is 1. The van der Waals surface area contributed by atoms with Gasteiger partial charge in [0.05, 0.1) is 0 Å². The molecule has 0 bridgehead atoms. The van der Waals surface area contributed by atoms with Gasteiger partial charge in [-0.1, -0.05) is 23.7 Å². The van der Waals surface area contributed by atoms with Crippen molar-refractivity contribution >= 4 is 45.9 Å². The fraction of sp³-hybridized carbons (Fsp3) is 0.150. The maximum Gasteiger partial charge on any atom is 0.375 e. The summed E-state index contributed by atoms with van der Waals surface area (Å²) in [7, 11) is 0. The Morgan fingerprint density at radius 1 is 1.15 bits per heavy atom. The van der Waals surface area contributed by atoms with Gasteiger partial charge in [-0.25, -0.2) is 4.79 Å². The lowest BCUT2D eigenvalue weighted by molar-refractivity contribution is -0.119. The molecule has 0 atom stereocenters. The molecular formula is C20H16ClNO5. The van der Waals surface area contributed by atoms with Crippen LogP contribution in [0.4, 0.5) is 5.69 Å². The second-order valence-corrected chi connectivity index (χ2v) is 6.39. The molecule has 1 aromatic heterocycles. The van der Waals surface area contributed by atoms with E-state index < -0.39 is 18.5 Å². The maximum atomic E-state index is 12.2. The van der Waals surface area contributed by atoms with Crippen molar-refractivity contribution < 1.29 is 23.5 Å². The molecular weight excluding hydrogens is 370 g/mol. The van der Waals surface area contributed by atoms with Gasteiger partial charge in [-0.3, -0.25) is 9.59 Å². The Labute approximate surface area is 160 Å². The van der Waals surface area contributed by atoms with E-state index in [2.05, 4.69) is 5.32 Å². The van der Waals surface area contributed by atoms with E-state index in [0.717, 1.165) is 0 Å². The van der Waals surface area contributed by atoms with Crippen molar-refractivity contribution in [1.29, 1.82) is 0 Å². The van der Waals surface area contributed by atoms with Crippen molar-refractivity contribution in [2.24, 2.45) is 0 Å². The van der Waals surface area contributed by atoms with Gasteiger partial charge in [0.1, 0.15) is 5.58 Å². The molecule has 2 aromatic carbocycles. The molecule has 3 rings (SSSR count). The van der Waals surface area contributed by atoms with E-state index in [1.54, 1.807) is 49.4 Å². The second-order valence-electron chi connectivity index (χ2n) is 5.96. The van der Waals surface area contributed by atoms with Gasteiger partial charge in [0.2, 0.25) is 5.76 Å². The van der Waals surface area contributed by atoms with E-state index in [4.69, 9.17) is 20.8 Å². The third-order valence-corrected chi connectivity index (χ3v) is 4.21. The number of carbonyl (C=O) groups is 3. The zero-order valence-electron chi connectivity index (χ0n) is 14.7. The summed E-state index contributed by atoms with van der Waals surface area (Å²) in [6, 6.07) is 11.5. The van der Waals surface area contributed by atoms with Crippen molar-refractivity contribution in [2.75, 3.05) is 11.9 Å². The van der Waals surface area contributed by atoms with Crippen molar-refractivity contribution in [3.05, 3.63) is 64.4 Å². The summed E-state index contributed by atoms with van der Waals surface area (Å²) in [5.74, 6) is -1.36. The standard InChI is InChI=1S/C20H16ClNO5/c1-11-16-9-14(21)6-7-17(16)27-19(11)20(25)26-10-18(24)22-15-5-3-4-13(8-15)12(2)23/h3-9H,10H2,1-2H3,(H,22,24). The minimum atomic E-state index is -0.743. The number of hydrogen-bond acceptors (Lipinski definition) is 5. The number of benzene rings is 2. The highest BCUT2D eigenvalue weighted by Gasteiger charge is 2.20. The molecule has 0 saturated heterocycles. The van der Waals surface area contributed by atoms with Crippen LogP contribution in [0.1, 0.15) is 33.4 Å². The molecule has 0 aliphatic carbocycles. The highest BCUT2D eigenvalue weighted by molar-refractivity contribution is 6.31. The van der Waals surface area contributed by atoms with E-state index in [1.807, 2.05) is 0 Å². The van der Waals surface area contributed by atoms with Gasteiger partial charge in [0.25, 0.3) is 5.91 Å². The maximum absolute atomic E-state index is 12.2. The Morgan fingerprint density at radius 2 is 1.93 bits per heavy atom. The zero-order valence-corrected chi connectivity index (χ0v) is 15.4. The number of ether oxygens (including phenoxy) is 1. The summed E-state index contributed by atoms with van der Waals surface area (Å²) >= 11 is 5.96. The molecule has 0 fully saturated rings. The van der Waals surface area contributed by atoms with Crippen molar-refractivity contribution in [1.82, 2.24) is 0 Å². The SMILES string of the molecule is CC(=O)c1cccc(NC(=O)COC(=O)c2oc3ccc(Cl)cc3c2C)c1. The summed E-state index contributed by atoms with van der Waals surface area (Å²) in [6.07, 6.45) is 0. The molecule has 0 unspecified atom stereocenters. The number of anilines is 1. The number of hydrogen-bond donors (Lipinski definition) is 1. The quantitative estimate of drug-likeness (QED) is 0.520. The smallest absolute Gasteiger partial charge is 0.375 e. The fourth-order valence-electron chi connectivity index (χ4n) is 2.60. The van der Waals surface area contributed by atoms with Gasteiger partial charge >= 0.3 is 5.97 Å². The first-order valence-electron chi connectivity index (χ1n) is 8.12. The topological polar surface area (TPSA) is 85.6 Å². The molecule has 27 heavy (non-hydrogen) atoms. The summed E-state index contributed by atoms with van der Waals surface area (Å²) < 4.78 is 10.5. The normalized spacial score (nSPS) is 10.6. The Balaban J connectivity index is 1.65. The van der Waals surface area contributed by atoms with Crippen molar-refractivity contribution in [3.8, 4) is 0 Å². The number of amides is 1. The van der Waals surface area contributed by atoms with Gasteiger partial charge in [-0.2, -0.15) is 0 Å². The predicted octanol–water partition coefficient (Wildman–Crippen LogP) is 4.39. The van der Waals surface area contributed by atoms with E-state index in [1.165, 1.54) is 6.92 Å². The van der Waals surface area contributed by atoms with Crippen LogP contribution in [0.3, 0.4) is 0 Å². The predicted molar refractivity (Wildman–Crippen MR) is 101 cm³/mol. The molecule has 1 heterocycles. The molecule has 1 amide bonds. The number of esters is 1. The number of aryl methyl sites for hydroxylation is 1. The Bertz CT molecular complexity index is 1050. The van der Waals surface area contributed by atoms with Crippen LogP contribution >= 0.6 is 11.6 Å². The summed E-state index contributed by atoms with van der Waals surface area (Å²) in [6.45, 7) is 2.66. The molecule has 0 saturated carbocycles. The Kier molecular flexibility index (Phi) is 5.28. The highest BCUT2D eigenvalue weighted by atomic mass is 35.5. The summed E-state index contributed by atoms with van der Waals surface area (Å²) in [4.78, 5) is 35.6. The van der Waals surface area contributed by atoms with Gasteiger partial charge < -0.3 is 14.5 Å². The lowest BCUT2D eigenvalue weighted by Gasteiger charge is -2.07. The second kappa shape index (κ2) is 7.63. The minimum Gasteiger partial charge on any atom is -0.450 e. The first-order chi connectivity index (χ1) is 12.8. The van der Waals surface area contributed by atoms with Gasteiger partial charge in [-0.15, -0.1) is 0 Å². The van der Waals surface area contributed by atoms with Crippen LogP contribution in [-0.4, -0.2) is 24.3 Å². The average Bonchev–Trinajstić information content (AvgIpc) is 2.96.